The fraction of sp³-hybridized carbons (Fsp3) is 0.333. The Labute approximate surface area is 216 Å². The van der Waals surface area contributed by atoms with E-state index in [9.17, 15) is 22.0 Å². The molecular formula is C24H23F3N4O6S. The van der Waals surface area contributed by atoms with Crippen LogP contribution in [0.5, 0.6) is 5.75 Å². The number of fused-ring (bicyclic) bond motifs is 1. The van der Waals surface area contributed by atoms with E-state index in [0.29, 0.717) is 0 Å². The Bertz CT molecular complexity index is 1440. The number of ether oxygens (including phenoxy) is 2. The molecule has 202 valence electrons. The lowest BCUT2D eigenvalue weighted by Crippen LogP contribution is -2.62. The van der Waals surface area contributed by atoms with Crippen LogP contribution in [-0.2, 0) is 19.7 Å². The molecule has 1 N–H and O–H groups in total. The zero-order chi connectivity index (χ0) is 27.0. The Morgan fingerprint density at radius 3 is 2.74 bits per heavy atom. The number of amides is 1. The number of carbonyl (C=O) groups is 1. The van der Waals surface area contributed by atoms with Gasteiger partial charge in [-0.1, -0.05) is 23.4 Å². The minimum Gasteiger partial charge on any atom is -0.495 e. The third kappa shape index (κ3) is 4.93. The lowest BCUT2D eigenvalue weighted by Gasteiger charge is -2.46. The number of methoxy groups -OCH3 is 1. The lowest BCUT2D eigenvalue weighted by atomic mass is 9.97. The molecule has 2 aromatic carbocycles. The summed E-state index contributed by atoms with van der Waals surface area (Å²) in [5.41, 5.74) is 0.148. The molecule has 2 saturated heterocycles. The first-order valence-electron chi connectivity index (χ1n) is 11.6. The van der Waals surface area contributed by atoms with Crippen molar-refractivity contribution in [1.29, 1.82) is 0 Å². The molecule has 0 bridgehead atoms. The normalized spacial score (nSPS) is 20.4. The number of nitrogens with one attached hydrogen (secondary N) is 1. The van der Waals surface area contributed by atoms with Crippen molar-refractivity contribution < 1.29 is 40.4 Å². The van der Waals surface area contributed by atoms with Crippen LogP contribution in [0.2, 0.25) is 0 Å². The first-order valence-corrected chi connectivity index (χ1v) is 13.0. The van der Waals surface area contributed by atoms with Crippen LogP contribution in [0.1, 0.15) is 18.4 Å². The van der Waals surface area contributed by atoms with Crippen molar-refractivity contribution in [2.75, 3.05) is 36.4 Å². The summed E-state index contributed by atoms with van der Waals surface area (Å²) in [7, 11) is -2.63. The van der Waals surface area contributed by atoms with E-state index in [1.165, 1.54) is 59.0 Å². The molecule has 1 aromatic heterocycles. The van der Waals surface area contributed by atoms with Crippen molar-refractivity contribution in [3.05, 3.63) is 60.1 Å². The summed E-state index contributed by atoms with van der Waals surface area (Å²) in [5.74, 6) is -1.01. The van der Waals surface area contributed by atoms with Gasteiger partial charge in [-0.15, -0.1) is 0 Å². The van der Waals surface area contributed by atoms with Gasteiger partial charge in [-0.3, -0.25) is 9.52 Å². The Morgan fingerprint density at radius 2 is 2.03 bits per heavy atom. The number of morpholine rings is 1. The van der Waals surface area contributed by atoms with Crippen LogP contribution in [0, 0.1) is 5.82 Å². The summed E-state index contributed by atoms with van der Waals surface area (Å²) in [6.45, 7) is -0.371. The molecule has 2 unspecified atom stereocenters. The number of hydrogen-bond donors (Lipinski definition) is 1. The van der Waals surface area contributed by atoms with Gasteiger partial charge in [0.05, 0.1) is 24.9 Å². The second-order valence-electron chi connectivity index (χ2n) is 8.75. The van der Waals surface area contributed by atoms with Gasteiger partial charge in [0.2, 0.25) is 0 Å². The number of halogens is 3. The fourth-order valence-corrected chi connectivity index (χ4v) is 5.91. The minimum atomic E-state index is -3.98. The van der Waals surface area contributed by atoms with E-state index in [4.69, 9.17) is 9.47 Å². The summed E-state index contributed by atoms with van der Waals surface area (Å²) >= 11 is 0. The van der Waals surface area contributed by atoms with E-state index in [0.717, 1.165) is 6.07 Å². The van der Waals surface area contributed by atoms with Gasteiger partial charge in [0.15, 0.2) is 5.82 Å². The minimum absolute atomic E-state index is 0.0212. The van der Waals surface area contributed by atoms with E-state index >= 15 is 4.39 Å². The van der Waals surface area contributed by atoms with Crippen LogP contribution in [-0.4, -0.2) is 62.7 Å². The maximum Gasteiger partial charge on any atom is 0.302 e. The molecule has 5 rings (SSSR count). The van der Waals surface area contributed by atoms with Crippen LogP contribution in [0.15, 0.2) is 53.3 Å². The monoisotopic (exact) mass is 552 g/mol. The number of anilines is 2. The molecule has 0 aliphatic carbocycles. The molecule has 0 saturated carbocycles. The van der Waals surface area contributed by atoms with Gasteiger partial charge in [0.25, 0.3) is 12.3 Å². The number of alkyl halides is 2. The quantitative estimate of drug-likeness (QED) is 0.477. The highest BCUT2D eigenvalue weighted by Gasteiger charge is 2.44. The molecule has 3 heterocycles. The maximum absolute atomic E-state index is 15.4. The Balaban J connectivity index is 1.43. The van der Waals surface area contributed by atoms with Gasteiger partial charge in [-0.2, -0.15) is 12.7 Å². The Kier molecular flexibility index (Phi) is 7.03. The van der Waals surface area contributed by atoms with Crippen LogP contribution in [0.25, 0.3) is 11.1 Å². The maximum atomic E-state index is 15.4. The topological polar surface area (TPSA) is 114 Å². The molecule has 2 aliphatic heterocycles. The summed E-state index contributed by atoms with van der Waals surface area (Å²) < 4.78 is 86.6. The van der Waals surface area contributed by atoms with Gasteiger partial charge < -0.3 is 18.9 Å². The predicted molar refractivity (Wildman–Crippen MR) is 130 cm³/mol. The number of nitrogens with zero attached hydrogens (tertiary/aromatic N) is 3. The molecule has 3 aromatic rings. The van der Waals surface area contributed by atoms with E-state index < -0.39 is 40.5 Å². The molecule has 2 atom stereocenters. The van der Waals surface area contributed by atoms with Crippen LogP contribution in [0.3, 0.4) is 0 Å². The molecule has 0 radical (unpaired) electrons. The highest BCUT2D eigenvalue weighted by molar-refractivity contribution is 7.90. The number of aromatic nitrogens is 1. The first-order chi connectivity index (χ1) is 18.2. The van der Waals surface area contributed by atoms with Crippen molar-refractivity contribution in [2.24, 2.45) is 0 Å². The molecule has 1 amide bonds. The van der Waals surface area contributed by atoms with Crippen molar-refractivity contribution in [1.82, 2.24) is 9.46 Å². The third-order valence-electron chi connectivity index (χ3n) is 6.50. The zero-order valence-electron chi connectivity index (χ0n) is 20.0. The largest absolute Gasteiger partial charge is 0.495 e. The predicted octanol–water partition coefficient (Wildman–Crippen LogP) is 3.59. The first kappa shape index (κ1) is 26.0. The third-order valence-corrected chi connectivity index (χ3v) is 7.98. The number of piperidine rings is 1. The van der Waals surface area contributed by atoms with Crippen LogP contribution < -0.4 is 14.4 Å². The molecule has 0 spiro atoms. The van der Waals surface area contributed by atoms with Crippen molar-refractivity contribution in [2.45, 2.75) is 25.0 Å². The van der Waals surface area contributed by atoms with Crippen molar-refractivity contribution in [3.8, 4) is 16.9 Å². The average molecular weight is 553 g/mol. The van der Waals surface area contributed by atoms with Gasteiger partial charge in [0.1, 0.15) is 24.4 Å². The van der Waals surface area contributed by atoms with Crippen LogP contribution >= 0.6 is 0 Å². The summed E-state index contributed by atoms with van der Waals surface area (Å²) in [5, 5.41) is 3.55. The fourth-order valence-electron chi connectivity index (χ4n) is 4.72. The molecule has 14 heteroatoms. The number of carbonyl (C=O) groups excluding carboxylic acids is 1. The van der Waals surface area contributed by atoms with Gasteiger partial charge in [-0.05, 0) is 24.1 Å². The standard InChI is InChI=1S/C24H23F3N4O6S/c1-35-20-10-16(14-3-2-4-15(9-14)24(26)27)17(25)11-19(20)31-18-5-7-30(12-21(18)36-13-23(31)32)38(33,34)29-22-6-8-37-28-22/h2-4,6,8-11,18,21,24H,5,7,12-13H2,1H3,(H,28,29). The Morgan fingerprint density at radius 1 is 1.21 bits per heavy atom. The van der Waals surface area contributed by atoms with E-state index in [2.05, 4.69) is 14.4 Å². The second kappa shape index (κ2) is 10.3. The molecular weight excluding hydrogens is 529 g/mol. The average Bonchev–Trinajstić information content (AvgIpc) is 3.40. The Hall–Kier alpha value is -3.62. The highest BCUT2D eigenvalue weighted by Crippen LogP contribution is 2.40. The molecule has 2 fully saturated rings. The van der Waals surface area contributed by atoms with Crippen molar-refractivity contribution in [3.63, 3.8) is 0 Å². The molecule has 2 aliphatic rings. The summed E-state index contributed by atoms with van der Waals surface area (Å²) in [6, 6.07) is 8.59. The number of hydrogen-bond acceptors (Lipinski definition) is 7. The number of rotatable bonds is 7. The van der Waals surface area contributed by atoms with Crippen molar-refractivity contribution >= 4 is 27.6 Å². The number of benzene rings is 2. The highest BCUT2D eigenvalue weighted by atomic mass is 32.2. The van der Waals surface area contributed by atoms with Crippen LogP contribution in [0.4, 0.5) is 24.7 Å². The van der Waals surface area contributed by atoms with Gasteiger partial charge >= 0.3 is 10.2 Å². The van der Waals surface area contributed by atoms with E-state index in [1.54, 1.807) is 0 Å². The SMILES string of the molecule is COc1cc(-c2cccc(C(F)F)c2)c(F)cc1N1C(=O)COC2CN(S(=O)(=O)Nc3ccon3)CCC21. The molecule has 10 nitrogen and oxygen atoms in total. The second-order valence-corrected chi connectivity index (χ2v) is 10.4. The van der Waals surface area contributed by atoms with Gasteiger partial charge in [-0.25, -0.2) is 13.2 Å². The lowest BCUT2D eigenvalue weighted by molar-refractivity contribution is -0.134. The van der Waals surface area contributed by atoms with E-state index in [-0.39, 0.29) is 60.1 Å². The summed E-state index contributed by atoms with van der Waals surface area (Å²) in [4.78, 5) is 14.3. The smallest absolute Gasteiger partial charge is 0.302 e. The van der Waals surface area contributed by atoms with Gasteiger partial charge in [0, 0.05) is 36.3 Å². The molecule has 38 heavy (non-hydrogen) atoms. The zero-order valence-corrected chi connectivity index (χ0v) is 20.8. The summed E-state index contributed by atoms with van der Waals surface area (Å²) in [6.07, 6.45) is -2.00. The van der Waals surface area contributed by atoms with E-state index in [1.807, 2.05) is 0 Å².